The minimum absolute atomic E-state index is 0.135. The number of benzene rings is 1. The molecule has 1 aromatic rings. The van der Waals surface area contributed by atoms with Crippen LogP contribution in [0.2, 0.25) is 0 Å². The lowest BCUT2D eigenvalue weighted by molar-refractivity contribution is -0.337. The van der Waals surface area contributed by atoms with E-state index in [2.05, 4.69) is 4.74 Å². The third-order valence-corrected chi connectivity index (χ3v) is 4.83. The Balaban J connectivity index is 2.76. The van der Waals surface area contributed by atoms with Crippen molar-refractivity contribution in [2.45, 2.75) is 38.7 Å². The van der Waals surface area contributed by atoms with Crippen LogP contribution in [0.4, 0.5) is 8.78 Å². The second-order valence-electron chi connectivity index (χ2n) is 5.47. The molecule has 0 aliphatic rings. The highest BCUT2D eigenvalue weighted by atomic mass is 127. The highest BCUT2D eigenvalue weighted by Gasteiger charge is 2.45. The summed E-state index contributed by atoms with van der Waals surface area (Å²) < 4.78 is 33.0. The van der Waals surface area contributed by atoms with Crippen molar-refractivity contribution < 1.29 is 33.3 Å². The van der Waals surface area contributed by atoms with Crippen LogP contribution in [0.15, 0.2) is 12.1 Å². The SMILES string of the molecule is CC(C)C(OC(=O)CCc1cc(I)c(O)c(I)c1)C(F)(F)C(=O)[O-]. The molecule has 1 rings (SSSR count). The average Bonchev–Trinajstić information content (AvgIpc) is 2.47. The summed E-state index contributed by atoms with van der Waals surface area (Å²) in [5.41, 5.74) is 0.728. The number of phenolic OH excluding ortho intramolecular Hbond substituents is 1. The summed E-state index contributed by atoms with van der Waals surface area (Å²) in [4.78, 5) is 22.4. The molecule has 0 radical (unpaired) electrons. The standard InChI is InChI=1S/C15H16F2I2O5/c1-7(2)13(15(16,17)14(22)23)24-11(20)4-3-8-5-9(18)12(21)10(19)6-8/h5-7,13,21H,3-4H2,1-2H3,(H,22,23)/p-1. The summed E-state index contributed by atoms with van der Waals surface area (Å²) in [6.45, 7) is 2.67. The zero-order valence-electron chi connectivity index (χ0n) is 12.8. The topological polar surface area (TPSA) is 86.7 Å². The number of esters is 1. The van der Waals surface area contributed by atoms with Crippen molar-refractivity contribution >= 4 is 57.1 Å². The van der Waals surface area contributed by atoms with Crippen molar-refractivity contribution in [2.24, 2.45) is 5.92 Å². The van der Waals surface area contributed by atoms with Crippen molar-refractivity contribution in [3.8, 4) is 5.75 Å². The van der Waals surface area contributed by atoms with Crippen LogP contribution in [0.5, 0.6) is 5.75 Å². The predicted molar refractivity (Wildman–Crippen MR) is 96.5 cm³/mol. The Bertz CT molecular complexity index is 611. The van der Waals surface area contributed by atoms with Crippen molar-refractivity contribution in [1.82, 2.24) is 0 Å². The lowest BCUT2D eigenvalue weighted by Crippen LogP contribution is -2.53. The first kappa shape index (κ1) is 21.3. The van der Waals surface area contributed by atoms with Gasteiger partial charge in [0.1, 0.15) is 11.7 Å². The molecule has 0 amide bonds. The Morgan fingerprint density at radius 2 is 1.79 bits per heavy atom. The molecule has 0 aromatic heterocycles. The number of alkyl halides is 2. The Morgan fingerprint density at radius 3 is 2.21 bits per heavy atom. The molecular formula is C15H15F2I2O5-. The molecular weight excluding hydrogens is 552 g/mol. The van der Waals surface area contributed by atoms with Gasteiger partial charge in [-0.05, 0) is 75.2 Å². The fourth-order valence-corrected chi connectivity index (χ4v) is 3.85. The van der Waals surface area contributed by atoms with Gasteiger partial charge in [-0.3, -0.25) is 4.79 Å². The quantitative estimate of drug-likeness (QED) is 0.405. The minimum Gasteiger partial charge on any atom is -0.544 e. The molecule has 1 N–H and O–H groups in total. The van der Waals surface area contributed by atoms with Gasteiger partial charge < -0.3 is 19.7 Å². The summed E-state index contributed by atoms with van der Waals surface area (Å²) >= 11 is 3.87. The number of carboxylic acids is 1. The Kier molecular flexibility index (Phi) is 7.63. The maximum absolute atomic E-state index is 13.6. The first-order valence-corrected chi connectivity index (χ1v) is 9.08. The Labute approximate surface area is 165 Å². The molecule has 0 saturated carbocycles. The Hall–Kier alpha value is -0.720. The lowest BCUT2D eigenvalue weighted by atomic mass is 10.0. The molecule has 1 unspecified atom stereocenters. The number of aryl methyl sites for hydroxylation is 1. The van der Waals surface area contributed by atoms with Crippen molar-refractivity contribution in [2.75, 3.05) is 0 Å². The van der Waals surface area contributed by atoms with E-state index >= 15 is 0 Å². The number of aromatic hydroxyl groups is 1. The van der Waals surface area contributed by atoms with E-state index in [-0.39, 0.29) is 18.6 Å². The zero-order chi connectivity index (χ0) is 18.7. The van der Waals surface area contributed by atoms with E-state index in [4.69, 9.17) is 0 Å². The fourth-order valence-electron chi connectivity index (χ4n) is 1.95. The van der Waals surface area contributed by atoms with E-state index in [1.807, 2.05) is 45.2 Å². The largest absolute Gasteiger partial charge is 0.544 e. The number of rotatable bonds is 7. The number of halogens is 4. The van der Waals surface area contributed by atoms with Crippen LogP contribution in [0.1, 0.15) is 25.8 Å². The van der Waals surface area contributed by atoms with Crippen LogP contribution < -0.4 is 5.11 Å². The smallest absolute Gasteiger partial charge is 0.323 e. The van der Waals surface area contributed by atoms with E-state index < -0.39 is 29.9 Å². The van der Waals surface area contributed by atoms with Crippen molar-refractivity contribution in [3.05, 3.63) is 24.8 Å². The van der Waals surface area contributed by atoms with Crippen LogP contribution in [0.25, 0.3) is 0 Å². The summed E-state index contributed by atoms with van der Waals surface area (Å²) in [5.74, 6) is -8.51. The number of phenols is 1. The molecule has 0 heterocycles. The van der Waals surface area contributed by atoms with Crippen LogP contribution in [0, 0.1) is 13.1 Å². The van der Waals surface area contributed by atoms with Gasteiger partial charge in [-0.15, -0.1) is 0 Å². The monoisotopic (exact) mass is 567 g/mol. The molecule has 0 spiro atoms. The number of carbonyl (C=O) groups is 2. The van der Waals surface area contributed by atoms with Crippen LogP contribution in [0.3, 0.4) is 0 Å². The van der Waals surface area contributed by atoms with Crippen LogP contribution >= 0.6 is 45.2 Å². The van der Waals surface area contributed by atoms with Crippen LogP contribution in [-0.2, 0) is 20.7 Å². The molecule has 1 atom stereocenters. The molecule has 0 aliphatic carbocycles. The van der Waals surface area contributed by atoms with E-state index in [0.717, 1.165) is 5.56 Å². The number of hydrogen-bond acceptors (Lipinski definition) is 5. The van der Waals surface area contributed by atoms with Crippen LogP contribution in [-0.4, -0.2) is 29.1 Å². The number of hydrogen-bond donors (Lipinski definition) is 1. The van der Waals surface area contributed by atoms with Gasteiger partial charge in [-0.1, -0.05) is 13.8 Å². The molecule has 0 bridgehead atoms. The molecule has 5 nitrogen and oxygen atoms in total. The van der Waals surface area contributed by atoms with Gasteiger partial charge in [0.25, 0.3) is 0 Å². The fraction of sp³-hybridized carbons (Fsp3) is 0.467. The number of carbonyl (C=O) groups excluding carboxylic acids is 2. The second-order valence-corrected chi connectivity index (χ2v) is 7.80. The molecule has 1 aromatic carbocycles. The summed E-state index contributed by atoms with van der Waals surface area (Å²) in [5, 5.41) is 20.2. The highest BCUT2D eigenvalue weighted by Crippen LogP contribution is 2.29. The Morgan fingerprint density at radius 1 is 1.29 bits per heavy atom. The van der Waals surface area contributed by atoms with Gasteiger partial charge in [-0.2, -0.15) is 8.78 Å². The number of carboxylic acid groups (broad SMARTS) is 1. The minimum atomic E-state index is -4.26. The molecule has 24 heavy (non-hydrogen) atoms. The zero-order valence-corrected chi connectivity index (χ0v) is 17.1. The molecule has 0 saturated heterocycles. The van der Waals surface area contributed by atoms with E-state index in [1.165, 1.54) is 13.8 Å². The average molecular weight is 567 g/mol. The third kappa shape index (κ3) is 5.39. The van der Waals surface area contributed by atoms with E-state index in [0.29, 0.717) is 7.14 Å². The summed E-state index contributed by atoms with van der Waals surface area (Å²) in [6.07, 6.45) is -2.06. The summed E-state index contributed by atoms with van der Waals surface area (Å²) in [6, 6.07) is 3.34. The normalized spacial score (nSPS) is 13.0. The van der Waals surface area contributed by atoms with Crippen molar-refractivity contribution in [1.29, 1.82) is 0 Å². The molecule has 0 aliphatic heterocycles. The predicted octanol–water partition coefficient (Wildman–Crippen LogP) is 2.49. The third-order valence-electron chi connectivity index (χ3n) is 3.19. The first-order chi connectivity index (χ1) is 11.0. The van der Waals surface area contributed by atoms with Gasteiger partial charge in [0.2, 0.25) is 0 Å². The summed E-state index contributed by atoms with van der Waals surface area (Å²) in [7, 11) is 0. The van der Waals surface area contributed by atoms with Gasteiger partial charge in [0.05, 0.1) is 7.14 Å². The van der Waals surface area contributed by atoms with E-state index in [9.17, 15) is 28.6 Å². The molecule has 0 fully saturated rings. The van der Waals surface area contributed by atoms with Gasteiger partial charge in [0.15, 0.2) is 6.10 Å². The van der Waals surface area contributed by atoms with Crippen molar-refractivity contribution in [3.63, 3.8) is 0 Å². The lowest BCUT2D eigenvalue weighted by Gasteiger charge is -2.30. The molecule has 9 heteroatoms. The van der Waals surface area contributed by atoms with Gasteiger partial charge >= 0.3 is 11.9 Å². The number of aliphatic carboxylic acids is 1. The van der Waals surface area contributed by atoms with Gasteiger partial charge in [0, 0.05) is 6.42 Å². The first-order valence-electron chi connectivity index (χ1n) is 6.92. The molecule has 134 valence electrons. The highest BCUT2D eigenvalue weighted by molar-refractivity contribution is 14.1. The van der Waals surface area contributed by atoms with Gasteiger partial charge in [-0.25, -0.2) is 0 Å². The van der Waals surface area contributed by atoms with E-state index in [1.54, 1.807) is 12.1 Å². The maximum atomic E-state index is 13.6. The maximum Gasteiger partial charge on any atom is 0.323 e. The second kappa shape index (κ2) is 8.59. The number of ether oxygens (including phenoxy) is 1.